The predicted molar refractivity (Wildman–Crippen MR) is 133 cm³/mol. The molecule has 1 aliphatic rings. The molecule has 4 rings (SSSR count). The number of carbonyl (C=O) groups is 1. The Balaban J connectivity index is 1.45. The molecule has 6 nitrogen and oxygen atoms in total. The first-order chi connectivity index (χ1) is 16.6. The summed E-state index contributed by atoms with van der Waals surface area (Å²) in [5.41, 5.74) is 4.06. The molecule has 0 radical (unpaired) electrons. The van der Waals surface area contributed by atoms with E-state index < -0.39 is 0 Å². The van der Waals surface area contributed by atoms with Crippen LogP contribution in [0.1, 0.15) is 22.7 Å². The Kier molecular flexibility index (Phi) is 7.26. The van der Waals surface area contributed by atoms with Crippen LogP contribution in [0.5, 0.6) is 5.75 Å². The van der Waals surface area contributed by atoms with Crippen molar-refractivity contribution in [3.05, 3.63) is 107 Å². The normalized spacial score (nSPS) is 14.6. The average molecular weight is 453 g/mol. The second kappa shape index (κ2) is 10.7. The monoisotopic (exact) mass is 452 g/mol. The maximum atomic E-state index is 13.0. The number of aryl methyl sites for hydroxylation is 1. The van der Waals surface area contributed by atoms with E-state index in [1.54, 1.807) is 23.1 Å². The summed E-state index contributed by atoms with van der Waals surface area (Å²) < 4.78 is 0. The van der Waals surface area contributed by atoms with Crippen molar-refractivity contribution in [3.63, 3.8) is 0 Å². The SMILES string of the molecule is Cc1cc(O)ccc1N/C=C(/C#N)C(=O)N1CCN(C(c2ccccc2)c2ccccc2)CC1. The number of carbonyl (C=O) groups excluding carboxylic acids is 1. The topological polar surface area (TPSA) is 79.6 Å². The standard InChI is InChI=1S/C28H28N4O2/c1-21-18-25(33)12-13-26(21)30-20-24(19-29)28(34)32-16-14-31(15-17-32)27(22-8-4-2-5-9-22)23-10-6-3-7-11-23/h2-13,18,20,27,30,33H,14-17H2,1H3/b24-20-. The number of phenolic OH excluding ortho intramolecular Hbond substituents is 1. The zero-order chi connectivity index (χ0) is 23.9. The fraction of sp³-hybridized carbons (Fsp3) is 0.214. The van der Waals surface area contributed by atoms with Gasteiger partial charge in [-0.05, 0) is 41.8 Å². The van der Waals surface area contributed by atoms with E-state index >= 15 is 0 Å². The number of phenols is 1. The number of anilines is 1. The third kappa shape index (κ3) is 5.28. The third-order valence-corrected chi connectivity index (χ3v) is 6.13. The molecule has 3 aromatic carbocycles. The second-order valence-corrected chi connectivity index (χ2v) is 8.37. The first-order valence-corrected chi connectivity index (χ1v) is 11.4. The lowest BCUT2D eigenvalue weighted by Gasteiger charge is -2.39. The van der Waals surface area contributed by atoms with Gasteiger partial charge in [0.15, 0.2) is 0 Å². The van der Waals surface area contributed by atoms with Crippen LogP contribution in [0, 0.1) is 18.3 Å². The summed E-state index contributed by atoms with van der Waals surface area (Å²) in [4.78, 5) is 17.2. The van der Waals surface area contributed by atoms with E-state index in [0.717, 1.165) is 11.3 Å². The van der Waals surface area contributed by atoms with Crippen LogP contribution in [-0.2, 0) is 4.79 Å². The summed E-state index contributed by atoms with van der Waals surface area (Å²) in [6, 6.07) is 27.9. The fourth-order valence-electron chi connectivity index (χ4n) is 4.34. The van der Waals surface area contributed by atoms with Gasteiger partial charge in [0.25, 0.3) is 5.91 Å². The van der Waals surface area contributed by atoms with Gasteiger partial charge in [0.2, 0.25) is 0 Å². The molecule has 2 N–H and O–H groups in total. The van der Waals surface area contributed by atoms with Crippen LogP contribution in [0.25, 0.3) is 0 Å². The maximum absolute atomic E-state index is 13.0. The molecule has 6 heteroatoms. The summed E-state index contributed by atoms with van der Waals surface area (Å²) in [6.07, 6.45) is 1.45. The number of nitrogens with one attached hydrogen (secondary N) is 1. The van der Waals surface area contributed by atoms with Gasteiger partial charge in [-0.1, -0.05) is 60.7 Å². The van der Waals surface area contributed by atoms with E-state index in [1.807, 2.05) is 25.1 Å². The largest absolute Gasteiger partial charge is 0.508 e. The maximum Gasteiger partial charge on any atom is 0.266 e. The molecule has 1 heterocycles. The lowest BCUT2D eigenvalue weighted by Crippen LogP contribution is -2.50. The molecule has 1 saturated heterocycles. The highest BCUT2D eigenvalue weighted by molar-refractivity contribution is 5.97. The van der Waals surface area contributed by atoms with Crippen molar-refractivity contribution in [2.24, 2.45) is 0 Å². The molecule has 34 heavy (non-hydrogen) atoms. The number of aromatic hydroxyl groups is 1. The molecule has 172 valence electrons. The number of piperazine rings is 1. The molecule has 1 aliphatic heterocycles. The highest BCUT2D eigenvalue weighted by atomic mass is 16.3. The fourth-order valence-corrected chi connectivity index (χ4v) is 4.34. The van der Waals surface area contributed by atoms with Crippen molar-refractivity contribution >= 4 is 11.6 Å². The molecule has 0 atom stereocenters. The highest BCUT2D eigenvalue weighted by Crippen LogP contribution is 2.29. The zero-order valence-electron chi connectivity index (χ0n) is 19.2. The number of nitriles is 1. The van der Waals surface area contributed by atoms with Crippen molar-refractivity contribution in [3.8, 4) is 11.8 Å². The van der Waals surface area contributed by atoms with Gasteiger partial charge in [0, 0.05) is 38.1 Å². The first kappa shape index (κ1) is 23.1. The number of benzene rings is 3. The highest BCUT2D eigenvalue weighted by Gasteiger charge is 2.29. The van der Waals surface area contributed by atoms with Gasteiger partial charge >= 0.3 is 0 Å². The Labute approximate surface area is 200 Å². The average Bonchev–Trinajstić information content (AvgIpc) is 2.87. The van der Waals surface area contributed by atoms with Crippen molar-refractivity contribution in [1.82, 2.24) is 9.80 Å². The quantitative estimate of drug-likeness (QED) is 0.328. The molecule has 3 aromatic rings. The minimum atomic E-state index is -0.276. The van der Waals surface area contributed by atoms with Gasteiger partial charge < -0.3 is 15.3 Å². The molecule has 1 fully saturated rings. The third-order valence-electron chi connectivity index (χ3n) is 6.13. The van der Waals surface area contributed by atoms with Crippen molar-refractivity contribution in [2.45, 2.75) is 13.0 Å². The summed E-state index contributed by atoms with van der Waals surface area (Å²) in [5, 5.41) is 22.2. The molecule has 0 spiro atoms. The number of hydrogen-bond donors (Lipinski definition) is 2. The van der Waals surface area contributed by atoms with Crippen LogP contribution in [0.2, 0.25) is 0 Å². The van der Waals surface area contributed by atoms with E-state index in [2.05, 4.69) is 58.7 Å². The summed E-state index contributed by atoms with van der Waals surface area (Å²) in [7, 11) is 0. The number of rotatable bonds is 6. The van der Waals surface area contributed by atoms with E-state index in [4.69, 9.17) is 0 Å². The Bertz CT molecular complexity index is 1150. The van der Waals surface area contributed by atoms with E-state index in [-0.39, 0.29) is 23.3 Å². The lowest BCUT2D eigenvalue weighted by molar-refractivity contribution is -0.128. The van der Waals surface area contributed by atoms with Crippen LogP contribution < -0.4 is 5.32 Å². The number of hydrogen-bond acceptors (Lipinski definition) is 5. The van der Waals surface area contributed by atoms with Gasteiger partial charge in [-0.2, -0.15) is 5.26 Å². The van der Waals surface area contributed by atoms with Crippen LogP contribution in [0.15, 0.2) is 90.6 Å². The lowest BCUT2D eigenvalue weighted by atomic mass is 9.96. The molecular formula is C28H28N4O2. The molecule has 0 saturated carbocycles. The summed E-state index contributed by atoms with van der Waals surface area (Å²) in [5.74, 6) is -0.104. The Morgan fingerprint density at radius 1 is 0.971 bits per heavy atom. The van der Waals surface area contributed by atoms with E-state index in [1.165, 1.54) is 17.3 Å². The summed E-state index contributed by atoms with van der Waals surface area (Å²) >= 11 is 0. The van der Waals surface area contributed by atoms with Gasteiger partial charge in [-0.15, -0.1) is 0 Å². The van der Waals surface area contributed by atoms with E-state index in [0.29, 0.717) is 26.2 Å². The number of amides is 1. The smallest absolute Gasteiger partial charge is 0.266 e. The van der Waals surface area contributed by atoms with Gasteiger partial charge in [0.1, 0.15) is 17.4 Å². The molecule has 0 unspecified atom stereocenters. The summed E-state index contributed by atoms with van der Waals surface area (Å²) in [6.45, 7) is 4.37. The second-order valence-electron chi connectivity index (χ2n) is 8.37. The van der Waals surface area contributed by atoms with Gasteiger partial charge in [0.05, 0.1) is 6.04 Å². The molecule has 1 amide bonds. The Morgan fingerprint density at radius 3 is 2.09 bits per heavy atom. The van der Waals surface area contributed by atoms with Crippen molar-refractivity contribution in [2.75, 3.05) is 31.5 Å². The molecule has 0 aliphatic carbocycles. The van der Waals surface area contributed by atoms with Crippen molar-refractivity contribution < 1.29 is 9.90 Å². The van der Waals surface area contributed by atoms with Crippen LogP contribution in [-0.4, -0.2) is 47.0 Å². The molecular weight excluding hydrogens is 424 g/mol. The van der Waals surface area contributed by atoms with Gasteiger partial charge in [-0.3, -0.25) is 9.69 Å². The van der Waals surface area contributed by atoms with E-state index in [9.17, 15) is 15.2 Å². The van der Waals surface area contributed by atoms with Crippen LogP contribution >= 0.6 is 0 Å². The minimum Gasteiger partial charge on any atom is -0.508 e. The molecule has 0 aromatic heterocycles. The predicted octanol–water partition coefficient (Wildman–Crippen LogP) is 4.45. The van der Waals surface area contributed by atoms with Crippen LogP contribution in [0.4, 0.5) is 5.69 Å². The van der Waals surface area contributed by atoms with Gasteiger partial charge in [-0.25, -0.2) is 0 Å². The number of nitrogens with zero attached hydrogens (tertiary/aromatic N) is 3. The Hall–Kier alpha value is -4.08. The van der Waals surface area contributed by atoms with Crippen LogP contribution in [0.3, 0.4) is 0 Å². The Morgan fingerprint density at radius 2 is 1.56 bits per heavy atom. The first-order valence-electron chi connectivity index (χ1n) is 11.4. The molecule has 0 bridgehead atoms. The zero-order valence-corrected chi connectivity index (χ0v) is 19.2. The van der Waals surface area contributed by atoms with Crippen molar-refractivity contribution in [1.29, 1.82) is 5.26 Å². The minimum absolute atomic E-state index is 0.0589.